The molecule has 0 spiro atoms. The Kier molecular flexibility index (Phi) is 4.09. The minimum absolute atomic E-state index is 0.387. The number of hydrogen-bond acceptors (Lipinski definition) is 2. The summed E-state index contributed by atoms with van der Waals surface area (Å²) in [6.45, 7) is 3.48. The largest absolute Gasteiger partial charge is 0.219 e. The Bertz CT molecular complexity index is 434. The molecule has 0 aromatic carbocycles. The molecule has 0 heterocycles. The maximum Gasteiger partial charge on any atom is 0.202 e. The SMILES string of the molecule is C/C=C\C=C(/C)S(=O)(=O)C1=CCCC=C1. The maximum absolute atomic E-state index is 12.0. The Labute approximate surface area is 91.6 Å². The van der Waals surface area contributed by atoms with E-state index < -0.39 is 9.84 Å². The van der Waals surface area contributed by atoms with Crippen LogP contribution in [0.1, 0.15) is 26.7 Å². The molecule has 0 unspecified atom stereocenters. The summed E-state index contributed by atoms with van der Waals surface area (Å²) in [6.07, 6.45) is 12.3. The van der Waals surface area contributed by atoms with Crippen LogP contribution in [-0.2, 0) is 9.84 Å². The zero-order valence-electron chi connectivity index (χ0n) is 9.10. The van der Waals surface area contributed by atoms with Gasteiger partial charge in [0.2, 0.25) is 9.84 Å². The summed E-state index contributed by atoms with van der Waals surface area (Å²) in [5.41, 5.74) is 0. The van der Waals surface area contributed by atoms with E-state index in [0.29, 0.717) is 9.81 Å². The van der Waals surface area contributed by atoms with Crippen molar-refractivity contribution in [1.29, 1.82) is 0 Å². The molecule has 0 radical (unpaired) electrons. The van der Waals surface area contributed by atoms with Gasteiger partial charge in [0.25, 0.3) is 0 Å². The van der Waals surface area contributed by atoms with Crippen LogP contribution < -0.4 is 0 Å². The third kappa shape index (κ3) is 2.93. The second-order valence-corrected chi connectivity index (χ2v) is 5.51. The quantitative estimate of drug-likeness (QED) is 0.690. The van der Waals surface area contributed by atoms with Crippen molar-refractivity contribution in [1.82, 2.24) is 0 Å². The fraction of sp³-hybridized carbons (Fsp3) is 0.333. The van der Waals surface area contributed by atoms with E-state index in [1.165, 1.54) is 0 Å². The third-order valence-electron chi connectivity index (χ3n) is 2.22. The van der Waals surface area contributed by atoms with E-state index in [4.69, 9.17) is 0 Å². The second kappa shape index (κ2) is 5.12. The highest BCUT2D eigenvalue weighted by molar-refractivity contribution is 7.99. The Morgan fingerprint density at radius 3 is 2.67 bits per heavy atom. The molecule has 1 rings (SSSR count). The zero-order valence-corrected chi connectivity index (χ0v) is 9.92. The molecule has 0 bridgehead atoms. The predicted molar refractivity (Wildman–Crippen MR) is 63.9 cm³/mol. The first kappa shape index (κ1) is 12.0. The average molecular weight is 224 g/mol. The van der Waals surface area contributed by atoms with E-state index in [2.05, 4.69) is 0 Å². The van der Waals surface area contributed by atoms with E-state index in [-0.39, 0.29) is 0 Å². The molecule has 0 fully saturated rings. The van der Waals surface area contributed by atoms with Gasteiger partial charge in [0.05, 0.1) is 4.91 Å². The highest BCUT2D eigenvalue weighted by atomic mass is 32.2. The van der Waals surface area contributed by atoms with E-state index in [1.54, 1.807) is 31.2 Å². The summed E-state index contributed by atoms with van der Waals surface area (Å²) in [5, 5.41) is 0. The van der Waals surface area contributed by atoms with Crippen molar-refractivity contribution in [3.63, 3.8) is 0 Å². The van der Waals surface area contributed by atoms with Crippen molar-refractivity contribution in [2.45, 2.75) is 26.7 Å². The topological polar surface area (TPSA) is 34.1 Å². The lowest BCUT2D eigenvalue weighted by atomic mass is 10.2. The molecule has 82 valence electrons. The van der Waals surface area contributed by atoms with Crippen molar-refractivity contribution in [3.05, 3.63) is 46.3 Å². The fourth-order valence-corrected chi connectivity index (χ4v) is 2.54. The molecule has 2 nitrogen and oxygen atoms in total. The van der Waals surface area contributed by atoms with Gasteiger partial charge in [0.1, 0.15) is 0 Å². The zero-order chi connectivity index (χ0) is 11.3. The minimum Gasteiger partial charge on any atom is -0.219 e. The third-order valence-corrected chi connectivity index (χ3v) is 4.13. The summed E-state index contributed by atoms with van der Waals surface area (Å²) < 4.78 is 23.9. The summed E-state index contributed by atoms with van der Waals surface area (Å²) in [7, 11) is -3.25. The number of rotatable bonds is 3. The Hall–Kier alpha value is -1.09. The van der Waals surface area contributed by atoms with Crippen LogP contribution in [0.15, 0.2) is 46.3 Å². The molecular formula is C12H16O2S. The standard InChI is InChI=1S/C12H16O2S/c1-3-4-8-11(2)15(13,14)12-9-6-5-7-10-12/h3-4,6,8-10H,5,7H2,1-2H3/b4-3-,11-8+. The molecule has 0 N–H and O–H groups in total. The number of hydrogen-bond donors (Lipinski definition) is 0. The summed E-state index contributed by atoms with van der Waals surface area (Å²) >= 11 is 0. The van der Waals surface area contributed by atoms with Crippen LogP contribution in [-0.4, -0.2) is 8.42 Å². The molecule has 3 heteroatoms. The predicted octanol–water partition coefficient (Wildman–Crippen LogP) is 3.12. The van der Waals surface area contributed by atoms with Gasteiger partial charge in [-0.1, -0.05) is 24.3 Å². The van der Waals surface area contributed by atoms with Gasteiger partial charge in [0, 0.05) is 4.91 Å². The number of sulfone groups is 1. The van der Waals surface area contributed by atoms with Gasteiger partial charge in [-0.15, -0.1) is 0 Å². The monoisotopic (exact) mass is 224 g/mol. The molecule has 0 amide bonds. The first-order valence-corrected chi connectivity index (χ1v) is 6.48. The van der Waals surface area contributed by atoms with E-state index in [1.807, 2.05) is 19.1 Å². The first-order valence-electron chi connectivity index (χ1n) is 5.00. The Morgan fingerprint density at radius 2 is 2.13 bits per heavy atom. The van der Waals surface area contributed by atoms with E-state index >= 15 is 0 Å². The smallest absolute Gasteiger partial charge is 0.202 e. The molecule has 0 saturated carbocycles. The van der Waals surface area contributed by atoms with Crippen LogP contribution >= 0.6 is 0 Å². The minimum atomic E-state index is -3.25. The van der Waals surface area contributed by atoms with Gasteiger partial charge in [-0.3, -0.25) is 0 Å². The van der Waals surface area contributed by atoms with Crippen molar-refractivity contribution >= 4 is 9.84 Å². The molecule has 0 aromatic heterocycles. The van der Waals surface area contributed by atoms with Gasteiger partial charge in [-0.25, -0.2) is 8.42 Å². The van der Waals surface area contributed by atoms with E-state index in [0.717, 1.165) is 12.8 Å². The highest BCUT2D eigenvalue weighted by Crippen LogP contribution is 2.22. The lowest BCUT2D eigenvalue weighted by Gasteiger charge is -2.08. The fourth-order valence-electron chi connectivity index (χ4n) is 1.30. The van der Waals surface area contributed by atoms with Gasteiger partial charge in [-0.2, -0.15) is 0 Å². The van der Waals surface area contributed by atoms with E-state index in [9.17, 15) is 8.42 Å². The second-order valence-electron chi connectivity index (χ2n) is 3.39. The van der Waals surface area contributed by atoms with Gasteiger partial charge in [0.15, 0.2) is 0 Å². The number of allylic oxidation sites excluding steroid dienone is 7. The lowest BCUT2D eigenvalue weighted by Crippen LogP contribution is -2.05. The van der Waals surface area contributed by atoms with Crippen molar-refractivity contribution in [2.75, 3.05) is 0 Å². The van der Waals surface area contributed by atoms with Crippen molar-refractivity contribution < 1.29 is 8.42 Å². The summed E-state index contributed by atoms with van der Waals surface area (Å²) in [5.74, 6) is 0. The molecule has 1 aliphatic carbocycles. The molecule has 1 aliphatic rings. The molecular weight excluding hydrogens is 208 g/mol. The molecule has 0 saturated heterocycles. The van der Waals surface area contributed by atoms with Gasteiger partial charge in [-0.05, 0) is 38.8 Å². The van der Waals surface area contributed by atoms with Crippen LogP contribution in [0.3, 0.4) is 0 Å². The van der Waals surface area contributed by atoms with Crippen molar-refractivity contribution in [2.24, 2.45) is 0 Å². The van der Waals surface area contributed by atoms with Crippen LogP contribution in [0.25, 0.3) is 0 Å². The average Bonchev–Trinajstić information content (AvgIpc) is 2.27. The normalized spacial score (nSPS) is 18.3. The van der Waals surface area contributed by atoms with Crippen molar-refractivity contribution in [3.8, 4) is 0 Å². The van der Waals surface area contributed by atoms with Crippen LogP contribution in [0.2, 0.25) is 0 Å². The molecule has 0 atom stereocenters. The maximum atomic E-state index is 12.0. The van der Waals surface area contributed by atoms with Gasteiger partial charge < -0.3 is 0 Å². The van der Waals surface area contributed by atoms with Crippen LogP contribution in [0.5, 0.6) is 0 Å². The molecule has 15 heavy (non-hydrogen) atoms. The summed E-state index contributed by atoms with van der Waals surface area (Å²) in [4.78, 5) is 0.811. The Balaban J connectivity index is 3.02. The lowest BCUT2D eigenvalue weighted by molar-refractivity contribution is 0.608. The highest BCUT2D eigenvalue weighted by Gasteiger charge is 2.18. The van der Waals surface area contributed by atoms with Gasteiger partial charge >= 0.3 is 0 Å². The first-order chi connectivity index (χ1) is 7.09. The summed E-state index contributed by atoms with van der Waals surface area (Å²) in [6, 6.07) is 0. The van der Waals surface area contributed by atoms with Crippen LogP contribution in [0, 0.1) is 0 Å². The Morgan fingerprint density at radius 1 is 1.40 bits per heavy atom. The molecule has 0 aliphatic heterocycles. The molecule has 0 aromatic rings. The van der Waals surface area contributed by atoms with Crippen LogP contribution in [0.4, 0.5) is 0 Å².